The third-order valence-electron chi connectivity index (χ3n) is 4.35. The molecule has 1 heterocycles. The Kier molecular flexibility index (Phi) is 6.90. The number of rotatable bonds is 6. The molecule has 2 aromatic carbocycles. The lowest BCUT2D eigenvalue weighted by molar-refractivity contribution is 0.0664. The van der Waals surface area contributed by atoms with Crippen LogP contribution in [-0.2, 0) is 0 Å². The van der Waals surface area contributed by atoms with Crippen LogP contribution in [0.15, 0.2) is 42.5 Å². The normalized spacial score (nSPS) is 16.5. The maximum absolute atomic E-state index is 10.3. The molecule has 0 radical (unpaired) electrons. The van der Waals surface area contributed by atoms with Gasteiger partial charge >= 0.3 is 0 Å². The molecule has 0 aliphatic carbocycles. The van der Waals surface area contributed by atoms with Crippen molar-refractivity contribution in [2.45, 2.75) is 6.10 Å². The first-order chi connectivity index (χ1) is 12.5. The molecule has 0 spiro atoms. The summed E-state index contributed by atoms with van der Waals surface area (Å²) in [6.45, 7) is 4.23. The Bertz CT molecular complexity index is 716. The third-order valence-corrected chi connectivity index (χ3v) is 5.18. The highest BCUT2D eigenvalue weighted by molar-refractivity contribution is 6.37. The molecule has 0 aromatic heterocycles. The molecule has 1 N–H and O–H groups in total. The molecular formula is C19H21Cl3N2O2. The number of ether oxygens (including phenoxy) is 1. The number of β-amino-alcohol motifs (C(OH)–C–C–N with tert-alkyl or cyclic N) is 1. The zero-order chi connectivity index (χ0) is 18.5. The molecule has 1 unspecified atom stereocenters. The van der Waals surface area contributed by atoms with Gasteiger partial charge in [0.2, 0.25) is 0 Å². The molecule has 0 amide bonds. The van der Waals surface area contributed by atoms with E-state index in [9.17, 15) is 5.11 Å². The number of hydrogen-bond donors (Lipinski definition) is 1. The first-order valence-electron chi connectivity index (χ1n) is 8.50. The van der Waals surface area contributed by atoms with Gasteiger partial charge in [0, 0.05) is 43.4 Å². The number of para-hydroxylation sites is 1. The van der Waals surface area contributed by atoms with Crippen LogP contribution in [-0.4, -0.2) is 55.4 Å². The van der Waals surface area contributed by atoms with Gasteiger partial charge in [0.15, 0.2) is 5.75 Å². The van der Waals surface area contributed by atoms with Crippen molar-refractivity contribution in [1.29, 1.82) is 0 Å². The van der Waals surface area contributed by atoms with Gasteiger partial charge in [0.1, 0.15) is 12.7 Å². The molecule has 1 saturated heterocycles. The van der Waals surface area contributed by atoms with Crippen LogP contribution in [0.25, 0.3) is 0 Å². The Balaban J connectivity index is 1.45. The zero-order valence-electron chi connectivity index (χ0n) is 14.2. The van der Waals surface area contributed by atoms with Gasteiger partial charge in [-0.1, -0.05) is 46.9 Å². The standard InChI is InChI=1S/C19H21Cl3N2O2/c20-14-3-1-4-15(11-14)24-9-7-23(8-10-24)12-16(25)13-26-19-17(21)5-2-6-18(19)22/h1-6,11,16,25H,7-10,12-13H2. The minimum Gasteiger partial charge on any atom is -0.488 e. The highest BCUT2D eigenvalue weighted by Crippen LogP contribution is 2.32. The van der Waals surface area contributed by atoms with E-state index in [-0.39, 0.29) is 6.61 Å². The number of piperazine rings is 1. The van der Waals surface area contributed by atoms with Crippen molar-refractivity contribution in [3.63, 3.8) is 0 Å². The molecule has 0 bridgehead atoms. The number of hydrogen-bond acceptors (Lipinski definition) is 4. The van der Waals surface area contributed by atoms with E-state index in [0.717, 1.165) is 36.9 Å². The van der Waals surface area contributed by atoms with Crippen LogP contribution in [0.3, 0.4) is 0 Å². The summed E-state index contributed by atoms with van der Waals surface area (Å²) >= 11 is 18.2. The first-order valence-corrected chi connectivity index (χ1v) is 9.64. The molecule has 0 saturated carbocycles. The van der Waals surface area contributed by atoms with Crippen molar-refractivity contribution in [3.05, 3.63) is 57.5 Å². The van der Waals surface area contributed by atoms with Gasteiger partial charge in [-0.2, -0.15) is 0 Å². The SMILES string of the molecule is OC(COc1c(Cl)cccc1Cl)CN1CCN(c2cccc(Cl)c2)CC1. The summed E-state index contributed by atoms with van der Waals surface area (Å²) in [4.78, 5) is 4.53. The average molecular weight is 416 g/mol. The fourth-order valence-electron chi connectivity index (χ4n) is 3.01. The third kappa shape index (κ3) is 5.18. The topological polar surface area (TPSA) is 35.9 Å². The van der Waals surface area contributed by atoms with Crippen molar-refractivity contribution in [2.75, 3.05) is 44.2 Å². The number of anilines is 1. The van der Waals surface area contributed by atoms with Gasteiger partial charge < -0.3 is 14.7 Å². The minimum absolute atomic E-state index is 0.151. The smallest absolute Gasteiger partial charge is 0.156 e. The minimum atomic E-state index is -0.611. The lowest BCUT2D eigenvalue weighted by Gasteiger charge is -2.36. The van der Waals surface area contributed by atoms with Gasteiger partial charge in [0.25, 0.3) is 0 Å². The molecule has 3 rings (SSSR count). The van der Waals surface area contributed by atoms with Gasteiger partial charge in [-0.15, -0.1) is 0 Å². The van der Waals surface area contributed by atoms with Crippen LogP contribution in [0.5, 0.6) is 5.75 Å². The van der Waals surface area contributed by atoms with E-state index in [1.54, 1.807) is 18.2 Å². The second kappa shape index (κ2) is 9.16. The Morgan fingerprint density at radius 3 is 2.27 bits per heavy atom. The second-order valence-corrected chi connectivity index (χ2v) is 7.53. The largest absolute Gasteiger partial charge is 0.488 e. The number of nitrogens with zero attached hydrogens (tertiary/aromatic N) is 2. The fraction of sp³-hybridized carbons (Fsp3) is 0.368. The summed E-state index contributed by atoms with van der Waals surface area (Å²) in [5.41, 5.74) is 1.13. The quantitative estimate of drug-likeness (QED) is 0.767. The Labute approximate surface area is 168 Å². The lowest BCUT2D eigenvalue weighted by atomic mass is 10.2. The Hall–Kier alpha value is -1.17. The molecule has 1 atom stereocenters. The molecule has 4 nitrogen and oxygen atoms in total. The first kappa shape index (κ1) is 19.6. The predicted octanol–water partition coefficient (Wildman–Crippen LogP) is 4.21. The predicted molar refractivity (Wildman–Crippen MR) is 108 cm³/mol. The molecular weight excluding hydrogens is 395 g/mol. The molecule has 1 aliphatic rings. The van der Waals surface area contributed by atoms with Gasteiger partial charge in [-0.3, -0.25) is 4.90 Å². The zero-order valence-corrected chi connectivity index (χ0v) is 16.5. The maximum Gasteiger partial charge on any atom is 0.156 e. The molecule has 140 valence electrons. The van der Waals surface area contributed by atoms with E-state index in [1.807, 2.05) is 18.2 Å². The second-order valence-electron chi connectivity index (χ2n) is 6.28. The summed E-state index contributed by atoms with van der Waals surface area (Å²) in [5.74, 6) is 0.417. The fourth-order valence-corrected chi connectivity index (χ4v) is 3.70. The molecule has 26 heavy (non-hydrogen) atoms. The Morgan fingerprint density at radius 2 is 1.62 bits per heavy atom. The van der Waals surface area contributed by atoms with E-state index in [2.05, 4.69) is 15.9 Å². The van der Waals surface area contributed by atoms with Crippen LogP contribution in [0.4, 0.5) is 5.69 Å². The molecule has 2 aromatic rings. The van der Waals surface area contributed by atoms with Gasteiger partial charge in [0.05, 0.1) is 10.0 Å². The van der Waals surface area contributed by atoms with Crippen LogP contribution in [0.1, 0.15) is 0 Å². The molecule has 1 fully saturated rings. The van der Waals surface area contributed by atoms with Gasteiger partial charge in [-0.25, -0.2) is 0 Å². The van der Waals surface area contributed by atoms with E-state index in [4.69, 9.17) is 39.5 Å². The monoisotopic (exact) mass is 414 g/mol. The Morgan fingerprint density at radius 1 is 0.962 bits per heavy atom. The van der Waals surface area contributed by atoms with Crippen LogP contribution in [0.2, 0.25) is 15.1 Å². The van der Waals surface area contributed by atoms with Crippen molar-refractivity contribution >= 4 is 40.5 Å². The molecule has 1 aliphatic heterocycles. The van der Waals surface area contributed by atoms with E-state index < -0.39 is 6.10 Å². The molecule has 7 heteroatoms. The summed E-state index contributed by atoms with van der Waals surface area (Å²) in [6.07, 6.45) is -0.611. The van der Waals surface area contributed by atoms with Gasteiger partial charge in [-0.05, 0) is 30.3 Å². The maximum atomic E-state index is 10.3. The van der Waals surface area contributed by atoms with Crippen LogP contribution < -0.4 is 9.64 Å². The number of aliphatic hydroxyl groups is 1. The highest BCUT2D eigenvalue weighted by Gasteiger charge is 2.20. The van der Waals surface area contributed by atoms with Crippen molar-refractivity contribution in [3.8, 4) is 5.75 Å². The number of aliphatic hydroxyl groups excluding tert-OH is 1. The van der Waals surface area contributed by atoms with Crippen LogP contribution >= 0.6 is 34.8 Å². The van der Waals surface area contributed by atoms with Crippen molar-refractivity contribution < 1.29 is 9.84 Å². The van der Waals surface area contributed by atoms with E-state index in [0.29, 0.717) is 22.3 Å². The average Bonchev–Trinajstić information content (AvgIpc) is 2.62. The van der Waals surface area contributed by atoms with Crippen molar-refractivity contribution in [1.82, 2.24) is 4.90 Å². The summed E-state index contributed by atoms with van der Waals surface area (Å²) < 4.78 is 5.61. The summed E-state index contributed by atoms with van der Waals surface area (Å²) in [7, 11) is 0. The van der Waals surface area contributed by atoms with E-state index in [1.165, 1.54) is 0 Å². The van der Waals surface area contributed by atoms with Crippen LogP contribution in [0, 0.1) is 0 Å². The lowest BCUT2D eigenvalue weighted by Crippen LogP contribution is -2.49. The number of halogens is 3. The number of benzene rings is 2. The van der Waals surface area contributed by atoms with E-state index >= 15 is 0 Å². The highest BCUT2D eigenvalue weighted by atomic mass is 35.5. The van der Waals surface area contributed by atoms with Crippen molar-refractivity contribution in [2.24, 2.45) is 0 Å². The summed E-state index contributed by atoms with van der Waals surface area (Å²) in [6, 6.07) is 13.1. The summed E-state index contributed by atoms with van der Waals surface area (Å²) in [5, 5.41) is 11.9.